The lowest BCUT2D eigenvalue weighted by Crippen LogP contribution is -2.47. The predicted molar refractivity (Wildman–Crippen MR) is 120 cm³/mol. The number of nitrogens with zero attached hydrogens (tertiary/aromatic N) is 1. The number of piperidine rings is 1. The van der Waals surface area contributed by atoms with E-state index in [2.05, 4.69) is 10.2 Å². The third-order valence-corrected chi connectivity index (χ3v) is 10.5. The molecule has 0 radical (unpaired) electrons. The van der Waals surface area contributed by atoms with E-state index in [9.17, 15) is 16.8 Å². The lowest BCUT2D eigenvalue weighted by atomic mass is 10.1. The summed E-state index contributed by atoms with van der Waals surface area (Å²) in [4.78, 5) is 2.41. The molecule has 0 saturated carbocycles. The van der Waals surface area contributed by atoms with Crippen molar-refractivity contribution in [1.29, 1.82) is 0 Å². The van der Waals surface area contributed by atoms with Crippen LogP contribution in [0, 0.1) is 0 Å². The molecular weight excluding hydrogens is 460 g/mol. The number of likely N-dealkylation sites (tertiary alicyclic amines) is 1. The molecule has 0 amide bonds. The maximum atomic E-state index is 13.2. The van der Waals surface area contributed by atoms with Gasteiger partial charge < -0.3 is 9.73 Å². The first-order chi connectivity index (χ1) is 14.8. The first-order valence-corrected chi connectivity index (χ1v) is 14.2. The second kappa shape index (κ2) is 9.23. The number of hydrogen-bond donors (Lipinski definition) is 1. The van der Waals surface area contributed by atoms with E-state index in [-0.39, 0.29) is 22.4 Å². The summed E-state index contributed by atoms with van der Waals surface area (Å²) in [6.45, 7) is 2.28. The van der Waals surface area contributed by atoms with E-state index in [4.69, 9.17) is 16.0 Å². The van der Waals surface area contributed by atoms with Gasteiger partial charge in [-0.25, -0.2) is 16.8 Å². The third-order valence-electron chi connectivity index (χ3n) is 6.12. The Morgan fingerprint density at radius 2 is 1.81 bits per heavy atom. The van der Waals surface area contributed by atoms with Gasteiger partial charge in [0.15, 0.2) is 19.7 Å². The molecule has 3 atom stereocenters. The van der Waals surface area contributed by atoms with Gasteiger partial charge in [0.1, 0.15) is 5.76 Å². The van der Waals surface area contributed by atoms with Crippen LogP contribution in [-0.4, -0.2) is 64.2 Å². The number of benzene rings is 1. The van der Waals surface area contributed by atoms with E-state index in [1.54, 1.807) is 6.26 Å². The molecule has 0 bridgehead atoms. The van der Waals surface area contributed by atoms with Crippen molar-refractivity contribution in [3.8, 4) is 0 Å². The first kappa shape index (κ1) is 22.8. The molecule has 7 nitrogen and oxygen atoms in total. The lowest BCUT2D eigenvalue weighted by molar-refractivity contribution is 0.141. The van der Waals surface area contributed by atoms with E-state index in [0.717, 1.165) is 31.7 Å². The number of hydrogen-bond acceptors (Lipinski definition) is 7. The number of sulfone groups is 2. The van der Waals surface area contributed by atoms with Gasteiger partial charge in [-0.15, -0.1) is 0 Å². The predicted octanol–water partition coefficient (Wildman–Crippen LogP) is 2.69. The molecule has 2 saturated heterocycles. The summed E-state index contributed by atoms with van der Waals surface area (Å²) < 4.78 is 56.9. The molecule has 0 spiro atoms. The summed E-state index contributed by atoms with van der Waals surface area (Å²) in [5.41, 5.74) is 0. The van der Waals surface area contributed by atoms with Crippen LogP contribution >= 0.6 is 11.6 Å². The minimum Gasteiger partial charge on any atom is -0.468 e. The summed E-state index contributed by atoms with van der Waals surface area (Å²) in [5, 5.41) is 2.66. The van der Waals surface area contributed by atoms with E-state index >= 15 is 0 Å². The quantitative estimate of drug-likeness (QED) is 0.642. The Hall–Kier alpha value is -1.39. The average Bonchev–Trinajstić information content (AvgIpc) is 3.37. The standard InChI is InChI=1S/C21H27ClN2O5S2/c22-16-6-8-17(9-7-16)31(27,28)21-15-30(25,26)14-18(21)23-13-19(20-5-4-12-29-20)24-10-2-1-3-11-24/h4-9,12,18-19,21,23H,1-3,10-11,13-15H2/t18-,19?,21-/m0/s1. The summed E-state index contributed by atoms with van der Waals surface area (Å²) in [6.07, 6.45) is 5.02. The Labute approximate surface area is 188 Å². The van der Waals surface area contributed by atoms with Crippen LogP contribution in [0.3, 0.4) is 0 Å². The summed E-state index contributed by atoms with van der Waals surface area (Å²) >= 11 is 5.89. The van der Waals surface area contributed by atoms with Gasteiger partial charge in [-0.2, -0.15) is 0 Å². The molecule has 2 fully saturated rings. The Morgan fingerprint density at radius 1 is 1.10 bits per heavy atom. The van der Waals surface area contributed by atoms with Crippen molar-refractivity contribution >= 4 is 31.3 Å². The van der Waals surface area contributed by atoms with Gasteiger partial charge in [0.2, 0.25) is 0 Å². The van der Waals surface area contributed by atoms with Crippen LogP contribution in [0.5, 0.6) is 0 Å². The fourth-order valence-electron chi connectivity index (χ4n) is 4.49. The molecular formula is C21H27ClN2O5S2. The molecule has 1 unspecified atom stereocenters. The van der Waals surface area contributed by atoms with Crippen molar-refractivity contribution in [2.45, 2.75) is 41.5 Å². The van der Waals surface area contributed by atoms with E-state index < -0.39 is 31.0 Å². The van der Waals surface area contributed by atoms with E-state index in [1.807, 2.05) is 12.1 Å². The molecule has 0 aliphatic carbocycles. The summed E-state index contributed by atoms with van der Waals surface area (Å²) in [6, 6.07) is 8.85. The number of nitrogens with one attached hydrogen (secondary N) is 1. The van der Waals surface area contributed by atoms with Crippen LogP contribution in [0.2, 0.25) is 5.02 Å². The lowest BCUT2D eigenvalue weighted by Gasteiger charge is -2.34. The number of rotatable bonds is 7. The maximum absolute atomic E-state index is 13.2. The smallest absolute Gasteiger partial charge is 0.183 e. The van der Waals surface area contributed by atoms with Gasteiger partial charge >= 0.3 is 0 Å². The van der Waals surface area contributed by atoms with Crippen molar-refractivity contribution < 1.29 is 21.3 Å². The topological polar surface area (TPSA) is 96.7 Å². The van der Waals surface area contributed by atoms with Crippen LogP contribution in [0.1, 0.15) is 31.1 Å². The van der Waals surface area contributed by atoms with Crippen molar-refractivity contribution in [2.75, 3.05) is 31.1 Å². The Kier molecular flexibility index (Phi) is 6.79. The highest BCUT2D eigenvalue weighted by molar-refractivity contribution is 7.96. The van der Waals surface area contributed by atoms with E-state index in [0.29, 0.717) is 11.6 Å². The van der Waals surface area contributed by atoms with Crippen molar-refractivity contribution in [2.24, 2.45) is 0 Å². The molecule has 4 rings (SSSR count). The fourth-order valence-corrected chi connectivity index (χ4v) is 9.34. The van der Waals surface area contributed by atoms with Crippen molar-refractivity contribution in [3.05, 3.63) is 53.4 Å². The molecule has 3 heterocycles. The van der Waals surface area contributed by atoms with Crippen molar-refractivity contribution in [1.82, 2.24) is 10.2 Å². The minimum absolute atomic E-state index is 0.0718. The van der Waals surface area contributed by atoms with Crippen LogP contribution < -0.4 is 5.32 Å². The molecule has 1 aromatic heterocycles. The largest absolute Gasteiger partial charge is 0.468 e. The third kappa shape index (κ3) is 5.17. The van der Waals surface area contributed by atoms with Gasteiger partial charge in [0.25, 0.3) is 0 Å². The molecule has 2 aliphatic heterocycles. The zero-order valence-corrected chi connectivity index (χ0v) is 19.5. The Bertz CT molecular complexity index is 1080. The Balaban J connectivity index is 1.55. The molecule has 2 aromatic rings. The summed E-state index contributed by atoms with van der Waals surface area (Å²) in [7, 11) is -7.31. The number of furan rings is 1. The van der Waals surface area contributed by atoms with Crippen LogP contribution in [-0.2, 0) is 19.7 Å². The van der Waals surface area contributed by atoms with Gasteiger partial charge in [-0.3, -0.25) is 4.90 Å². The van der Waals surface area contributed by atoms with Crippen LogP contribution in [0.25, 0.3) is 0 Å². The maximum Gasteiger partial charge on any atom is 0.183 e. The molecule has 170 valence electrons. The second-order valence-corrected chi connectivity index (χ2v) is 13.0. The van der Waals surface area contributed by atoms with E-state index in [1.165, 1.54) is 30.7 Å². The molecule has 1 N–H and O–H groups in total. The highest BCUT2D eigenvalue weighted by atomic mass is 35.5. The minimum atomic E-state index is -3.84. The van der Waals surface area contributed by atoms with Crippen molar-refractivity contribution in [3.63, 3.8) is 0 Å². The first-order valence-electron chi connectivity index (χ1n) is 10.5. The highest BCUT2D eigenvalue weighted by Gasteiger charge is 2.46. The molecule has 1 aromatic carbocycles. The highest BCUT2D eigenvalue weighted by Crippen LogP contribution is 2.29. The van der Waals surface area contributed by atoms with Gasteiger partial charge in [-0.1, -0.05) is 18.0 Å². The zero-order chi connectivity index (χ0) is 22.1. The molecule has 10 heteroatoms. The summed E-state index contributed by atoms with van der Waals surface area (Å²) in [5.74, 6) is 0.215. The molecule has 31 heavy (non-hydrogen) atoms. The average molecular weight is 487 g/mol. The second-order valence-electron chi connectivity index (χ2n) is 8.26. The van der Waals surface area contributed by atoms with Crippen LogP contribution in [0.4, 0.5) is 0 Å². The molecule has 2 aliphatic rings. The fraction of sp³-hybridized carbons (Fsp3) is 0.524. The van der Waals surface area contributed by atoms with Crippen LogP contribution in [0.15, 0.2) is 52.0 Å². The van der Waals surface area contributed by atoms with Gasteiger partial charge in [0.05, 0.1) is 34.0 Å². The Morgan fingerprint density at radius 3 is 2.45 bits per heavy atom. The number of halogens is 1. The normalized spacial score (nSPS) is 25.5. The zero-order valence-electron chi connectivity index (χ0n) is 17.1. The monoisotopic (exact) mass is 486 g/mol. The van der Waals surface area contributed by atoms with Gasteiger partial charge in [0, 0.05) is 17.6 Å². The van der Waals surface area contributed by atoms with Gasteiger partial charge in [-0.05, 0) is 62.3 Å². The SMILES string of the molecule is O=S1(=O)C[C@H](NCC(c2ccco2)N2CCCCC2)[C@@H](S(=O)(=O)c2ccc(Cl)cc2)C1.